The Kier molecular flexibility index (Phi) is 5.77. The van der Waals surface area contributed by atoms with Gasteiger partial charge < -0.3 is 5.32 Å². The molecule has 0 spiro atoms. The van der Waals surface area contributed by atoms with Crippen LogP contribution in [0, 0.1) is 12.8 Å². The van der Waals surface area contributed by atoms with Crippen molar-refractivity contribution in [1.82, 2.24) is 5.32 Å². The Morgan fingerprint density at radius 2 is 1.89 bits per heavy atom. The molecule has 19 heavy (non-hydrogen) atoms. The SMILES string of the molecule is Cc1ccc(SCC(=O)NCC2CCCCC2)cc1. The maximum atomic E-state index is 11.8. The minimum atomic E-state index is 0.163. The molecule has 1 N–H and O–H groups in total. The quantitative estimate of drug-likeness (QED) is 0.830. The van der Waals surface area contributed by atoms with E-state index in [0.717, 1.165) is 6.54 Å². The van der Waals surface area contributed by atoms with Crippen molar-refractivity contribution in [3.63, 3.8) is 0 Å². The molecule has 0 aromatic heterocycles. The molecular formula is C16H23NOS. The average Bonchev–Trinajstić information content (AvgIpc) is 2.45. The molecule has 0 aliphatic heterocycles. The third-order valence-electron chi connectivity index (χ3n) is 3.70. The summed E-state index contributed by atoms with van der Waals surface area (Å²) in [5, 5.41) is 3.07. The molecule has 1 aliphatic carbocycles. The van der Waals surface area contributed by atoms with Crippen LogP contribution >= 0.6 is 11.8 Å². The van der Waals surface area contributed by atoms with Crippen molar-refractivity contribution in [2.45, 2.75) is 43.9 Å². The zero-order valence-corrected chi connectivity index (χ0v) is 12.5. The van der Waals surface area contributed by atoms with E-state index in [1.54, 1.807) is 11.8 Å². The van der Waals surface area contributed by atoms with Gasteiger partial charge in [0.15, 0.2) is 0 Å². The Labute approximate surface area is 120 Å². The number of hydrogen-bond acceptors (Lipinski definition) is 2. The van der Waals surface area contributed by atoms with E-state index in [4.69, 9.17) is 0 Å². The Morgan fingerprint density at radius 1 is 1.21 bits per heavy atom. The first-order valence-electron chi connectivity index (χ1n) is 7.20. The van der Waals surface area contributed by atoms with Gasteiger partial charge in [0.05, 0.1) is 5.75 Å². The predicted octanol–water partition coefficient (Wildman–Crippen LogP) is 3.78. The molecule has 0 bridgehead atoms. The number of nitrogens with one attached hydrogen (secondary N) is 1. The fraction of sp³-hybridized carbons (Fsp3) is 0.562. The highest BCUT2D eigenvalue weighted by Gasteiger charge is 2.14. The second-order valence-corrected chi connectivity index (χ2v) is 6.46. The lowest BCUT2D eigenvalue weighted by molar-refractivity contribution is -0.118. The minimum Gasteiger partial charge on any atom is -0.355 e. The predicted molar refractivity (Wildman–Crippen MR) is 81.5 cm³/mol. The smallest absolute Gasteiger partial charge is 0.230 e. The van der Waals surface area contributed by atoms with E-state index >= 15 is 0 Å². The molecule has 104 valence electrons. The lowest BCUT2D eigenvalue weighted by Gasteiger charge is -2.21. The van der Waals surface area contributed by atoms with Crippen LogP contribution < -0.4 is 5.32 Å². The summed E-state index contributed by atoms with van der Waals surface area (Å²) in [6.07, 6.45) is 6.60. The van der Waals surface area contributed by atoms with Gasteiger partial charge in [-0.1, -0.05) is 37.0 Å². The van der Waals surface area contributed by atoms with Crippen LogP contribution in [0.1, 0.15) is 37.7 Å². The molecule has 1 amide bonds. The van der Waals surface area contributed by atoms with Crippen LogP contribution in [0.3, 0.4) is 0 Å². The first kappa shape index (κ1) is 14.4. The minimum absolute atomic E-state index is 0.163. The summed E-state index contributed by atoms with van der Waals surface area (Å²) in [7, 11) is 0. The van der Waals surface area contributed by atoms with E-state index < -0.39 is 0 Å². The van der Waals surface area contributed by atoms with Crippen LogP contribution in [-0.2, 0) is 4.79 Å². The van der Waals surface area contributed by atoms with E-state index in [9.17, 15) is 4.79 Å². The number of carbonyl (C=O) groups excluding carboxylic acids is 1. The van der Waals surface area contributed by atoms with E-state index in [2.05, 4.69) is 36.5 Å². The molecule has 0 radical (unpaired) electrons. The molecule has 0 saturated heterocycles. The van der Waals surface area contributed by atoms with E-state index in [1.165, 1.54) is 42.6 Å². The van der Waals surface area contributed by atoms with Gasteiger partial charge in [0.1, 0.15) is 0 Å². The highest BCUT2D eigenvalue weighted by molar-refractivity contribution is 8.00. The van der Waals surface area contributed by atoms with Gasteiger partial charge in [-0.25, -0.2) is 0 Å². The zero-order valence-electron chi connectivity index (χ0n) is 11.7. The number of rotatable bonds is 5. The monoisotopic (exact) mass is 277 g/mol. The van der Waals surface area contributed by atoms with Crippen molar-refractivity contribution < 1.29 is 4.79 Å². The number of benzene rings is 1. The Morgan fingerprint density at radius 3 is 2.58 bits per heavy atom. The second-order valence-electron chi connectivity index (χ2n) is 5.41. The molecule has 2 nitrogen and oxygen atoms in total. The molecule has 1 aromatic carbocycles. The normalized spacial score (nSPS) is 16.3. The molecule has 1 aromatic rings. The van der Waals surface area contributed by atoms with Crippen molar-refractivity contribution in [3.8, 4) is 0 Å². The average molecular weight is 277 g/mol. The van der Waals surface area contributed by atoms with Crippen LogP contribution in [0.2, 0.25) is 0 Å². The third-order valence-corrected chi connectivity index (χ3v) is 4.72. The lowest BCUT2D eigenvalue weighted by Crippen LogP contribution is -2.31. The number of aryl methyl sites for hydroxylation is 1. The van der Waals surface area contributed by atoms with E-state index in [0.29, 0.717) is 11.7 Å². The maximum Gasteiger partial charge on any atom is 0.230 e. The third kappa shape index (κ3) is 5.27. The molecule has 1 aliphatic rings. The molecule has 3 heteroatoms. The first-order valence-corrected chi connectivity index (χ1v) is 8.19. The Hall–Kier alpha value is -0.960. The van der Waals surface area contributed by atoms with Crippen LogP contribution in [0.5, 0.6) is 0 Å². The van der Waals surface area contributed by atoms with Crippen molar-refractivity contribution >= 4 is 17.7 Å². The summed E-state index contributed by atoms with van der Waals surface area (Å²) >= 11 is 1.61. The van der Waals surface area contributed by atoms with Crippen LogP contribution in [0.15, 0.2) is 29.2 Å². The molecule has 0 unspecified atom stereocenters. The standard InChI is InChI=1S/C16H23NOS/c1-13-7-9-15(10-8-13)19-12-16(18)17-11-14-5-3-2-4-6-14/h7-10,14H,2-6,11-12H2,1H3,(H,17,18). The van der Waals surface area contributed by atoms with Crippen LogP contribution in [0.25, 0.3) is 0 Å². The van der Waals surface area contributed by atoms with Gasteiger partial charge in [0.2, 0.25) is 5.91 Å². The molecule has 1 saturated carbocycles. The van der Waals surface area contributed by atoms with Crippen molar-refractivity contribution in [1.29, 1.82) is 0 Å². The molecule has 1 fully saturated rings. The van der Waals surface area contributed by atoms with Gasteiger partial charge in [0.25, 0.3) is 0 Å². The second kappa shape index (κ2) is 7.59. The summed E-state index contributed by atoms with van der Waals surface area (Å²) in [5.41, 5.74) is 1.26. The lowest BCUT2D eigenvalue weighted by atomic mass is 9.89. The molecular weight excluding hydrogens is 254 g/mol. The van der Waals surface area contributed by atoms with Crippen molar-refractivity contribution in [2.24, 2.45) is 5.92 Å². The fourth-order valence-electron chi connectivity index (χ4n) is 2.48. The summed E-state index contributed by atoms with van der Waals surface area (Å²) in [4.78, 5) is 13.0. The summed E-state index contributed by atoms with van der Waals surface area (Å²) in [6, 6.07) is 8.33. The molecule has 0 heterocycles. The summed E-state index contributed by atoms with van der Waals surface area (Å²) < 4.78 is 0. The Bertz CT molecular complexity index is 396. The number of amides is 1. The highest BCUT2D eigenvalue weighted by Crippen LogP contribution is 2.23. The van der Waals surface area contributed by atoms with Crippen LogP contribution in [-0.4, -0.2) is 18.2 Å². The summed E-state index contributed by atoms with van der Waals surface area (Å²) in [6.45, 7) is 2.94. The van der Waals surface area contributed by atoms with Crippen molar-refractivity contribution in [3.05, 3.63) is 29.8 Å². The Balaban J connectivity index is 1.65. The van der Waals surface area contributed by atoms with Crippen molar-refractivity contribution in [2.75, 3.05) is 12.3 Å². The van der Waals surface area contributed by atoms with E-state index in [-0.39, 0.29) is 5.91 Å². The highest BCUT2D eigenvalue weighted by atomic mass is 32.2. The number of thioether (sulfide) groups is 1. The summed E-state index contributed by atoms with van der Waals surface area (Å²) in [5.74, 6) is 1.40. The van der Waals surface area contributed by atoms with E-state index in [1.807, 2.05) is 0 Å². The molecule has 0 atom stereocenters. The largest absolute Gasteiger partial charge is 0.355 e. The fourth-order valence-corrected chi connectivity index (χ4v) is 3.21. The van der Waals surface area contributed by atoms with Gasteiger partial charge in [-0.15, -0.1) is 11.8 Å². The van der Waals surface area contributed by atoms with Gasteiger partial charge in [-0.2, -0.15) is 0 Å². The van der Waals surface area contributed by atoms with Gasteiger partial charge in [0, 0.05) is 11.4 Å². The van der Waals surface area contributed by atoms with Gasteiger partial charge in [-0.05, 0) is 37.8 Å². The first-order chi connectivity index (χ1) is 9.24. The topological polar surface area (TPSA) is 29.1 Å². The molecule has 2 rings (SSSR count). The van der Waals surface area contributed by atoms with Gasteiger partial charge in [-0.3, -0.25) is 4.79 Å². The van der Waals surface area contributed by atoms with Gasteiger partial charge >= 0.3 is 0 Å². The number of hydrogen-bond donors (Lipinski definition) is 1. The van der Waals surface area contributed by atoms with Crippen LogP contribution in [0.4, 0.5) is 0 Å². The number of carbonyl (C=O) groups is 1. The zero-order chi connectivity index (χ0) is 13.5. The maximum absolute atomic E-state index is 11.8.